The third-order valence-electron chi connectivity index (χ3n) is 2.14. The molecule has 0 aromatic heterocycles. The second kappa shape index (κ2) is 6.31. The van der Waals surface area contributed by atoms with Crippen LogP contribution in [0.3, 0.4) is 0 Å². The van der Waals surface area contributed by atoms with Gasteiger partial charge in [0.25, 0.3) is 5.69 Å². The summed E-state index contributed by atoms with van der Waals surface area (Å²) in [6.45, 7) is 2.31. The van der Waals surface area contributed by atoms with Crippen LogP contribution in [0.1, 0.15) is 6.92 Å². The largest absolute Gasteiger partial charge is 0.384 e. The molecule has 0 bridgehead atoms. The van der Waals surface area contributed by atoms with Gasteiger partial charge in [0.2, 0.25) is 10.0 Å². The smallest absolute Gasteiger partial charge is 0.269 e. The highest BCUT2D eigenvalue weighted by atomic mass is 32.2. The van der Waals surface area contributed by atoms with E-state index in [-0.39, 0.29) is 18.0 Å². The topological polar surface area (TPSA) is 101 Å². The Kier molecular flexibility index (Phi) is 5.05. The lowest BCUT2D eigenvalue weighted by molar-refractivity contribution is -0.384. The number of benzene rings is 1. The molecular weight excluding hydrogens is 258 g/mol. The number of hydrogen-bond acceptors (Lipinski definition) is 5. The van der Waals surface area contributed by atoms with Crippen molar-refractivity contribution >= 4 is 21.4 Å². The molecule has 0 atom stereocenters. The first-order chi connectivity index (χ1) is 8.44. The summed E-state index contributed by atoms with van der Waals surface area (Å²) < 4.78 is 25.0. The highest BCUT2D eigenvalue weighted by Crippen LogP contribution is 2.14. The van der Waals surface area contributed by atoms with Crippen LogP contribution < -0.4 is 10.0 Å². The van der Waals surface area contributed by atoms with Gasteiger partial charge in [0.1, 0.15) is 0 Å². The molecule has 1 aromatic rings. The predicted octanol–water partition coefficient (Wildman–Crippen LogP) is 0.946. The van der Waals surface area contributed by atoms with Gasteiger partial charge in [0.05, 0.1) is 10.7 Å². The van der Waals surface area contributed by atoms with Crippen LogP contribution in [-0.2, 0) is 10.0 Å². The number of nitrogens with one attached hydrogen (secondary N) is 2. The average Bonchev–Trinajstić information content (AvgIpc) is 2.29. The number of non-ortho nitro benzene ring substituents is 1. The highest BCUT2D eigenvalue weighted by Gasteiger charge is 2.08. The fourth-order valence-electron chi connectivity index (χ4n) is 1.32. The Bertz CT molecular complexity index is 498. The maximum atomic E-state index is 11.3. The number of anilines is 1. The molecule has 0 unspecified atom stereocenters. The first-order valence-electron chi connectivity index (χ1n) is 5.40. The standard InChI is InChI=1S/C10H15N3O4S/c1-2-12-18(16,17)8-7-11-9-3-5-10(6-4-9)13(14)15/h3-6,11-12H,2,7-8H2,1H3. The van der Waals surface area contributed by atoms with Gasteiger partial charge in [-0.3, -0.25) is 10.1 Å². The first kappa shape index (κ1) is 14.4. The van der Waals surface area contributed by atoms with E-state index >= 15 is 0 Å². The number of hydrogen-bond donors (Lipinski definition) is 2. The van der Waals surface area contributed by atoms with Crippen LogP contribution in [0.4, 0.5) is 11.4 Å². The van der Waals surface area contributed by atoms with E-state index < -0.39 is 14.9 Å². The molecule has 0 aliphatic carbocycles. The predicted molar refractivity (Wildman–Crippen MR) is 69.0 cm³/mol. The molecule has 0 saturated carbocycles. The molecule has 2 N–H and O–H groups in total. The normalized spacial score (nSPS) is 11.2. The van der Waals surface area contributed by atoms with Gasteiger partial charge >= 0.3 is 0 Å². The Hall–Kier alpha value is -1.67. The van der Waals surface area contributed by atoms with Crippen molar-refractivity contribution < 1.29 is 13.3 Å². The molecule has 0 fully saturated rings. The Balaban J connectivity index is 2.47. The van der Waals surface area contributed by atoms with Crippen molar-refractivity contribution in [3.05, 3.63) is 34.4 Å². The molecular formula is C10H15N3O4S. The van der Waals surface area contributed by atoms with Crippen molar-refractivity contribution in [1.29, 1.82) is 0 Å². The van der Waals surface area contributed by atoms with Crippen LogP contribution in [0.25, 0.3) is 0 Å². The fourth-order valence-corrected chi connectivity index (χ4v) is 2.28. The molecule has 18 heavy (non-hydrogen) atoms. The molecule has 1 aromatic carbocycles. The van der Waals surface area contributed by atoms with Crippen molar-refractivity contribution in [2.24, 2.45) is 0 Å². The van der Waals surface area contributed by atoms with Crippen molar-refractivity contribution in [3.8, 4) is 0 Å². The molecule has 7 nitrogen and oxygen atoms in total. The van der Waals surface area contributed by atoms with E-state index in [2.05, 4.69) is 10.0 Å². The second-order valence-electron chi connectivity index (χ2n) is 3.55. The monoisotopic (exact) mass is 273 g/mol. The molecule has 0 aliphatic heterocycles. The Labute approximate surface area is 105 Å². The van der Waals surface area contributed by atoms with Crippen LogP contribution in [-0.4, -0.2) is 32.2 Å². The first-order valence-corrected chi connectivity index (χ1v) is 7.05. The summed E-state index contributed by atoms with van der Waals surface area (Å²) in [5.74, 6) is -0.0438. The van der Waals surface area contributed by atoms with Gasteiger partial charge in [-0.2, -0.15) is 0 Å². The summed E-state index contributed by atoms with van der Waals surface area (Å²) in [5, 5.41) is 13.3. The number of nitro groups is 1. The van der Waals surface area contributed by atoms with Gasteiger partial charge in [0, 0.05) is 30.9 Å². The zero-order valence-corrected chi connectivity index (χ0v) is 10.7. The number of nitro benzene ring substituents is 1. The van der Waals surface area contributed by atoms with Gasteiger partial charge in [-0.25, -0.2) is 13.1 Å². The molecule has 0 spiro atoms. The van der Waals surface area contributed by atoms with E-state index in [1.165, 1.54) is 24.3 Å². The zero-order valence-electron chi connectivity index (χ0n) is 9.92. The minimum atomic E-state index is -3.24. The minimum absolute atomic E-state index is 0.000760. The average molecular weight is 273 g/mol. The molecule has 1 rings (SSSR count). The van der Waals surface area contributed by atoms with Crippen LogP contribution in [0.15, 0.2) is 24.3 Å². The fraction of sp³-hybridized carbons (Fsp3) is 0.400. The minimum Gasteiger partial charge on any atom is -0.384 e. The van der Waals surface area contributed by atoms with E-state index in [4.69, 9.17) is 0 Å². The molecule has 0 amide bonds. The number of nitrogens with zero attached hydrogens (tertiary/aromatic N) is 1. The summed E-state index contributed by atoms with van der Waals surface area (Å²) >= 11 is 0. The Morgan fingerprint density at radius 2 is 1.89 bits per heavy atom. The van der Waals surface area contributed by atoms with E-state index in [0.29, 0.717) is 12.2 Å². The van der Waals surface area contributed by atoms with E-state index in [0.717, 1.165) is 0 Å². The van der Waals surface area contributed by atoms with Crippen LogP contribution in [0.5, 0.6) is 0 Å². The molecule has 0 radical (unpaired) electrons. The van der Waals surface area contributed by atoms with Gasteiger partial charge < -0.3 is 5.32 Å². The maximum Gasteiger partial charge on any atom is 0.269 e. The second-order valence-corrected chi connectivity index (χ2v) is 5.47. The molecule has 0 saturated heterocycles. The van der Waals surface area contributed by atoms with Crippen molar-refractivity contribution in [2.75, 3.05) is 24.2 Å². The maximum absolute atomic E-state index is 11.3. The summed E-state index contributed by atoms with van der Waals surface area (Å²) in [6, 6.07) is 5.80. The van der Waals surface area contributed by atoms with Gasteiger partial charge in [-0.1, -0.05) is 6.92 Å². The molecule has 100 valence electrons. The van der Waals surface area contributed by atoms with Crippen molar-refractivity contribution in [2.45, 2.75) is 6.92 Å². The van der Waals surface area contributed by atoms with Gasteiger partial charge in [0.15, 0.2) is 0 Å². The van der Waals surface area contributed by atoms with Crippen LogP contribution >= 0.6 is 0 Å². The molecule has 0 heterocycles. The lowest BCUT2D eigenvalue weighted by Crippen LogP contribution is -2.29. The third kappa shape index (κ3) is 4.68. The summed E-state index contributed by atoms with van der Waals surface area (Å²) in [4.78, 5) is 9.94. The third-order valence-corrected chi connectivity index (χ3v) is 3.61. The van der Waals surface area contributed by atoms with Crippen LogP contribution in [0.2, 0.25) is 0 Å². The summed E-state index contributed by atoms with van der Waals surface area (Å²) in [5.41, 5.74) is 0.646. The quantitative estimate of drug-likeness (QED) is 0.569. The van der Waals surface area contributed by atoms with E-state index in [9.17, 15) is 18.5 Å². The zero-order chi connectivity index (χ0) is 13.6. The molecule has 8 heteroatoms. The van der Waals surface area contributed by atoms with Crippen molar-refractivity contribution in [1.82, 2.24) is 4.72 Å². The van der Waals surface area contributed by atoms with Crippen molar-refractivity contribution in [3.63, 3.8) is 0 Å². The van der Waals surface area contributed by atoms with E-state index in [1.54, 1.807) is 6.92 Å². The lowest BCUT2D eigenvalue weighted by atomic mass is 10.3. The molecule has 0 aliphatic rings. The summed E-state index contributed by atoms with van der Waals surface area (Å²) in [6.07, 6.45) is 0. The van der Waals surface area contributed by atoms with Gasteiger partial charge in [-0.15, -0.1) is 0 Å². The number of sulfonamides is 1. The van der Waals surface area contributed by atoms with Gasteiger partial charge in [-0.05, 0) is 12.1 Å². The number of rotatable bonds is 7. The van der Waals surface area contributed by atoms with E-state index in [1.807, 2.05) is 0 Å². The highest BCUT2D eigenvalue weighted by molar-refractivity contribution is 7.89. The summed E-state index contributed by atoms with van der Waals surface area (Å²) in [7, 11) is -3.24. The lowest BCUT2D eigenvalue weighted by Gasteiger charge is -2.07. The van der Waals surface area contributed by atoms with Crippen LogP contribution in [0, 0.1) is 10.1 Å². The Morgan fingerprint density at radius 1 is 1.28 bits per heavy atom. The SMILES string of the molecule is CCNS(=O)(=O)CCNc1ccc([N+](=O)[O-])cc1. The Morgan fingerprint density at radius 3 is 2.39 bits per heavy atom.